The van der Waals surface area contributed by atoms with E-state index in [1.54, 1.807) is 0 Å². The van der Waals surface area contributed by atoms with E-state index in [9.17, 15) is 0 Å². The van der Waals surface area contributed by atoms with Gasteiger partial charge in [-0.3, -0.25) is 0 Å². The average Bonchev–Trinajstić information content (AvgIpc) is 1.96. The van der Waals surface area contributed by atoms with E-state index in [0.717, 1.165) is 26.1 Å². The van der Waals surface area contributed by atoms with Crippen LogP contribution in [0.3, 0.4) is 0 Å². The molecule has 0 atom stereocenters. The Labute approximate surface area is 87.1 Å². The fourth-order valence-electron chi connectivity index (χ4n) is 0.637. The zero-order valence-electron chi connectivity index (χ0n) is 8.79. The highest BCUT2D eigenvalue weighted by atomic mass is 35.5. The highest BCUT2D eigenvalue weighted by Gasteiger charge is 1.86. The van der Waals surface area contributed by atoms with E-state index >= 15 is 0 Å². The molecule has 0 aliphatic rings. The van der Waals surface area contributed by atoms with Crippen molar-refractivity contribution in [2.45, 2.75) is 13.3 Å². The zero-order chi connectivity index (χ0) is 8.53. The highest BCUT2D eigenvalue weighted by molar-refractivity contribution is 5.85. The lowest BCUT2D eigenvalue weighted by atomic mass is 10.4. The molecule has 0 saturated heterocycles. The van der Waals surface area contributed by atoms with Crippen LogP contribution in [-0.4, -0.2) is 44.6 Å². The third-order valence-corrected chi connectivity index (χ3v) is 1.17. The van der Waals surface area contributed by atoms with Gasteiger partial charge in [-0.05, 0) is 34.0 Å². The Morgan fingerprint density at radius 3 is 2.31 bits per heavy atom. The minimum Gasteiger partial charge on any atom is -0.344 e. The van der Waals surface area contributed by atoms with Crippen molar-refractivity contribution in [3.63, 3.8) is 0 Å². The summed E-state index contributed by atoms with van der Waals surface area (Å²) in [7, 11) is 4.12. The minimum absolute atomic E-state index is 0. The SMILES string of the molecule is CCN=C=NCCCN(C)C.Cl.N. The van der Waals surface area contributed by atoms with Crippen LogP contribution in [0.15, 0.2) is 9.98 Å². The van der Waals surface area contributed by atoms with Crippen LogP contribution in [0.2, 0.25) is 0 Å². The molecule has 5 heteroatoms. The Balaban J connectivity index is -0.000000500. The topological polar surface area (TPSA) is 63.0 Å². The first-order valence-electron chi connectivity index (χ1n) is 4.00. The molecule has 4 nitrogen and oxygen atoms in total. The Kier molecular flexibility index (Phi) is 20.0. The van der Waals surface area contributed by atoms with Crippen LogP contribution < -0.4 is 6.15 Å². The second kappa shape index (κ2) is 14.1. The van der Waals surface area contributed by atoms with Crippen LogP contribution in [0.4, 0.5) is 0 Å². The summed E-state index contributed by atoms with van der Waals surface area (Å²) in [5.74, 6) is 0. The minimum atomic E-state index is 0. The zero-order valence-corrected chi connectivity index (χ0v) is 9.60. The quantitative estimate of drug-likeness (QED) is 0.553. The maximum atomic E-state index is 3.99. The smallest absolute Gasteiger partial charge is 0.0892 e. The summed E-state index contributed by atoms with van der Waals surface area (Å²) >= 11 is 0. The maximum Gasteiger partial charge on any atom is 0.0892 e. The predicted molar refractivity (Wildman–Crippen MR) is 60.7 cm³/mol. The van der Waals surface area contributed by atoms with Crippen LogP contribution in [0.25, 0.3) is 0 Å². The van der Waals surface area contributed by atoms with Gasteiger partial charge in [-0.15, -0.1) is 12.4 Å². The van der Waals surface area contributed by atoms with E-state index < -0.39 is 0 Å². The van der Waals surface area contributed by atoms with E-state index in [-0.39, 0.29) is 18.6 Å². The monoisotopic (exact) mass is 208 g/mol. The van der Waals surface area contributed by atoms with Crippen LogP contribution in [0.1, 0.15) is 13.3 Å². The lowest BCUT2D eigenvalue weighted by Gasteiger charge is -2.05. The lowest BCUT2D eigenvalue weighted by Crippen LogP contribution is -2.13. The Morgan fingerprint density at radius 2 is 1.85 bits per heavy atom. The summed E-state index contributed by atoms with van der Waals surface area (Å²) in [5, 5.41) is 0. The number of hydrogen-bond acceptors (Lipinski definition) is 4. The molecule has 80 valence electrons. The van der Waals surface area contributed by atoms with Gasteiger partial charge in [0, 0.05) is 6.54 Å². The van der Waals surface area contributed by atoms with E-state index in [1.165, 1.54) is 0 Å². The molecular weight excluding hydrogens is 188 g/mol. The molecule has 0 aromatic heterocycles. The molecular formula is C8H21ClN4. The summed E-state index contributed by atoms with van der Waals surface area (Å²) in [6, 6.07) is 2.64. The van der Waals surface area contributed by atoms with Crippen LogP contribution >= 0.6 is 12.4 Å². The van der Waals surface area contributed by atoms with Crippen molar-refractivity contribution in [2.75, 3.05) is 33.7 Å². The van der Waals surface area contributed by atoms with Gasteiger partial charge in [-0.2, -0.15) is 0 Å². The lowest BCUT2D eigenvalue weighted by molar-refractivity contribution is 0.403. The molecule has 0 bridgehead atoms. The molecule has 0 aromatic carbocycles. The van der Waals surface area contributed by atoms with Crippen molar-refractivity contribution in [1.82, 2.24) is 11.1 Å². The van der Waals surface area contributed by atoms with E-state index in [2.05, 4.69) is 35.0 Å². The first-order valence-corrected chi connectivity index (χ1v) is 4.00. The summed E-state index contributed by atoms with van der Waals surface area (Å²) in [4.78, 5) is 9.99. The van der Waals surface area contributed by atoms with E-state index in [4.69, 9.17) is 0 Å². The summed E-state index contributed by atoms with van der Waals surface area (Å²) < 4.78 is 0. The summed E-state index contributed by atoms with van der Waals surface area (Å²) in [6.07, 6.45) is 1.08. The number of halogens is 1. The molecule has 13 heavy (non-hydrogen) atoms. The number of aliphatic imine (C=N–C) groups is 2. The molecule has 3 N–H and O–H groups in total. The Hall–Kier alpha value is -0.410. The molecule has 0 heterocycles. The molecule has 0 rings (SSSR count). The molecule has 0 saturated carbocycles. The third kappa shape index (κ3) is 18.5. The molecule has 0 fully saturated rings. The molecule has 0 aliphatic carbocycles. The maximum absolute atomic E-state index is 3.99. The largest absolute Gasteiger partial charge is 0.344 e. The van der Waals surface area contributed by atoms with Crippen LogP contribution in [0.5, 0.6) is 0 Å². The van der Waals surface area contributed by atoms with Gasteiger partial charge in [-0.25, -0.2) is 9.98 Å². The first kappa shape index (κ1) is 18.4. The third-order valence-electron chi connectivity index (χ3n) is 1.17. The Morgan fingerprint density at radius 1 is 1.23 bits per heavy atom. The summed E-state index contributed by atoms with van der Waals surface area (Å²) in [6.45, 7) is 4.67. The molecule has 0 radical (unpaired) electrons. The number of rotatable bonds is 5. The molecule has 0 unspecified atom stereocenters. The second-order valence-corrected chi connectivity index (χ2v) is 2.61. The number of hydrogen-bond donors (Lipinski definition) is 1. The number of nitrogens with zero attached hydrogens (tertiary/aromatic N) is 3. The second-order valence-electron chi connectivity index (χ2n) is 2.61. The fraction of sp³-hybridized carbons (Fsp3) is 0.875. The average molecular weight is 209 g/mol. The standard InChI is InChI=1S/C8H17N3.ClH.H3N/c1-4-9-8-10-6-5-7-11(2)3;;/h4-7H2,1-3H3;1H;1H3. The van der Waals surface area contributed by atoms with Crippen molar-refractivity contribution in [3.05, 3.63) is 0 Å². The van der Waals surface area contributed by atoms with Crippen molar-refractivity contribution in [3.8, 4) is 0 Å². The van der Waals surface area contributed by atoms with E-state index in [0.29, 0.717) is 0 Å². The van der Waals surface area contributed by atoms with Crippen LogP contribution in [-0.2, 0) is 0 Å². The Bertz CT molecular complexity index is 141. The van der Waals surface area contributed by atoms with Gasteiger partial charge >= 0.3 is 0 Å². The molecule has 0 aliphatic heterocycles. The molecule has 0 spiro atoms. The normalized spacial score (nSPS) is 8.00. The summed E-state index contributed by atoms with van der Waals surface area (Å²) in [5.41, 5.74) is 0. The van der Waals surface area contributed by atoms with E-state index in [1.807, 2.05) is 6.92 Å². The van der Waals surface area contributed by atoms with Crippen molar-refractivity contribution < 1.29 is 0 Å². The highest BCUT2D eigenvalue weighted by Crippen LogP contribution is 1.82. The van der Waals surface area contributed by atoms with Gasteiger partial charge < -0.3 is 11.1 Å². The van der Waals surface area contributed by atoms with Gasteiger partial charge in [0.25, 0.3) is 0 Å². The van der Waals surface area contributed by atoms with Gasteiger partial charge in [0.05, 0.1) is 12.6 Å². The van der Waals surface area contributed by atoms with Crippen molar-refractivity contribution >= 4 is 18.4 Å². The first-order chi connectivity index (χ1) is 5.27. The van der Waals surface area contributed by atoms with Gasteiger partial charge in [0.2, 0.25) is 0 Å². The molecule has 0 amide bonds. The predicted octanol–water partition coefficient (Wildman–Crippen LogP) is 1.72. The van der Waals surface area contributed by atoms with Gasteiger partial charge in [0.15, 0.2) is 0 Å². The van der Waals surface area contributed by atoms with Gasteiger partial charge in [0.1, 0.15) is 0 Å². The molecule has 0 aromatic rings. The fourth-order valence-corrected chi connectivity index (χ4v) is 0.637. The van der Waals surface area contributed by atoms with Gasteiger partial charge in [-0.1, -0.05) is 0 Å². The van der Waals surface area contributed by atoms with Crippen molar-refractivity contribution in [1.29, 1.82) is 0 Å². The van der Waals surface area contributed by atoms with Crippen LogP contribution in [0, 0.1) is 0 Å². The van der Waals surface area contributed by atoms with Crippen molar-refractivity contribution in [2.24, 2.45) is 9.98 Å².